The fraction of sp³-hybridized carbons (Fsp3) is 0.429. The standard InChI is InChI=1S/C21H26N2O4/c1-16-5-2-3-6-17(16)14-22-20(24)13-18-15-26-12-10-23(18)21(25)9-8-19-7-4-11-27-19/h2-7,11,18H,8-10,12-15H2,1H3,(H,22,24)/t18-/m1/s1. The van der Waals surface area contributed by atoms with Crippen molar-refractivity contribution in [2.75, 3.05) is 19.8 Å². The zero-order valence-electron chi connectivity index (χ0n) is 15.6. The van der Waals surface area contributed by atoms with Crippen LogP contribution < -0.4 is 5.32 Å². The molecule has 0 spiro atoms. The Morgan fingerprint density at radius 3 is 2.85 bits per heavy atom. The predicted octanol–water partition coefficient (Wildman–Crippen LogP) is 2.45. The first kappa shape index (κ1) is 19.2. The van der Waals surface area contributed by atoms with E-state index in [0.717, 1.165) is 16.9 Å². The van der Waals surface area contributed by atoms with E-state index in [-0.39, 0.29) is 24.3 Å². The van der Waals surface area contributed by atoms with E-state index >= 15 is 0 Å². The molecule has 2 aromatic rings. The van der Waals surface area contributed by atoms with Gasteiger partial charge in [-0.15, -0.1) is 0 Å². The van der Waals surface area contributed by atoms with Gasteiger partial charge >= 0.3 is 0 Å². The summed E-state index contributed by atoms with van der Waals surface area (Å²) in [5, 5.41) is 2.95. The zero-order valence-corrected chi connectivity index (χ0v) is 15.6. The molecule has 2 heterocycles. The number of nitrogens with one attached hydrogen (secondary N) is 1. The summed E-state index contributed by atoms with van der Waals surface area (Å²) in [4.78, 5) is 26.8. The van der Waals surface area contributed by atoms with E-state index in [0.29, 0.717) is 39.1 Å². The molecular formula is C21H26N2O4. The molecule has 1 saturated heterocycles. The highest BCUT2D eigenvalue weighted by atomic mass is 16.5. The van der Waals surface area contributed by atoms with Crippen molar-refractivity contribution in [1.82, 2.24) is 10.2 Å². The summed E-state index contributed by atoms with van der Waals surface area (Å²) in [6.07, 6.45) is 2.79. The number of amides is 2. The molecule has 0 bridgehead atoms. The van der Waals surface area contributed by atoms with Crippen molar-refractivity contribution in [1.29, 1.82) is 0 Å². The molecule has 0 aliphatic carbocycles. The second-order valence-electron chi connectivity index (χ2n) is 6.80. The van der Waals surface area contributed by atoms with Crippen LogP contribution in [-0.2, 0) is 27.3 Å². The third kappa shape index (κ3) is 5.44. The van der Waals surface area contributed by atoms with E-state index in [4.69, 9.17) is 9.15 Å². The molecule has 1 N–H and O–H groups in total. The summed E-state index contributed by atoms with van der Waals surface area (Å²) in [7, 11) is 0. The minimum atomic E-state index is -0.222. The van der Waals surface area contributed by atoms with E-state index in [9.17, 15) is 9.59 Å². The lowest BCUT2D eigenvalue weighted by molar-refractivity contribution is -0.141. The third-order valence-electron chi connectivity index (χ3n) is 4.87. The zero-order chi connectivity index (χ0) is 19.1. The van der Waals surface area contributed by atoms with Crippen molar-refractivity contribution in [3.8, 4) is 0 Å². The molecular weight excluding hydrogens is 344 g/mol. The van der Waals surface area contributed by atoms with Crippen molar-refractivity contribution in [2.24, 2.45) is 0 Å². The second-order valence-corrected chi connectivity index (χ2v) is 6.80. The van der Waals surface area contributed by atoms with Gasteiger partial charge in [0.05, 0.1) is 25.5 Å². The van der Waals surface area contributed by atoms with Crippen LogP contribution in [0.3, 0.4) is 0 Å². The second kappa shape index (κ2) is 9.37. The lowest BCUT2D eigenvalue weighted by Gasteiger charge is -2.35. The molecule has 1 aromatic heterocycles. The molecule has 2 amide bonds. The number of morpholine rings is 1. The van der Waals surface area contributed by atoms with Crippen LogP contribution in [0.25, 0.3) is 0 Å². The number of benzene rings is 1. The van der Waals surface area contributed by atoms with Gasteiger partial charge in [0.25, 0.3) is 0 Å². The maximum absolute atomic E-state index is 12.6. The number of carbonyl (C=O) groups is 2. The summed E-state index contributed by atoms with van der Waals surface area (Å²) in [5.74, 6) is 0.758. The molecule has 0 unspecified atom stereocenters. The number of hydrogen-bond acceptors (Lipinski definition) is 4. The fourth-order valence-electron chi connectivity index (χ4n) is 3.27. The SMILES string of the molecule is Cc1ccccc1CNC(=O)C[C@@H]1COCCN1C(=O)CCc1ccco1. The van der Waals surface area contributed by atoms with Gasteiger partial charge in [0.2, 0.25) is 11.8 Å². The van der Waals surface area contributed by atoms with Crippen molar-refractivity contribution in [3.05, 3.63) is 59.5 Å². The Hall–Kier alpha value is -2.60. The van der Waals surface area contributed by atoms with Gasteiger partial charge in [0, 0.05) is 32.4 Å². The molecule has 144 valence electrons. The van der Waals surface area contributed by atoms with Crippen molar-refractivity contribution >= 4 is 11.8 Å². The highest BCUT2D eigenvalue weighted by Crippen LogP contribution is 2.14. The lowest BCUT2D eigenvalue weighted by Crippen LogP contribution is -2.50. The van der Waals surface area contributed by atoms with Crippen molar-refractivity contribution in [2.45, 2.75) is 38.8 Å². The first-order valence-electron chi connectivity index (χ1n) is 9.34. The van der Waals surface area contributed by atoms with Crippen LogP contribution in [0, 0.1) is 6.92 Å². The Labute approximate surface area is 159 Å². The number of ether oxygens (including phenoxy) is 1. The fourth-order valence-corrected chi connectivity index (χ4v) is 3.27. The van der Waals surface area contributed by atoms with E-state index in [1.165, 1.54) is 0 Å². The number of rotatable bonds is 7. The number of nitrogens with zero attached hydrogens (tertiary/aromatic N) is 1. The minimum Gasteiger partial charge on any atom is -0.469 e. The van der Waals surface area contributed by atoms with E-state index in [1.54, 1.807) is 11.2 Å². The molecule has 1 aliphatic heterocycles. The Morgan fingerprint density at radius 1 is 1.22 bits per heavy atom. The highest BCUT2D eigenvalue weighted by Gasteiger charge is 2.29. The topological polar surface area (TPSA) is 71.8 Å². The van der Waals surface area contributed by atoms with Gasteiger partial charge < -0.3 is 19.4 Å². The number of hydrogen-bond donors (Lipinski definition) is 1. The molecule has 0 saturated carbocycles. The van der Waals surface area contributed by atoms with Crippen molar-refractivity contribution in [3.63, 3.8) is 0 Å². The number of aryl methyl sites for hydroxylation is 2. The molecule has 1 fully saturated rings. The molecule has 1 aliphatic rings. The largest absolute Gasteiger partial charge is 0.469 e. The Morgan fingerprint density at radius 2 is 2.07 bits per heavy atom. The molecule has 0 radical (unpaired) electrons. The van der Waals surface area contributed by atoms with Crippen molar-refractivity contribution < 1.29 is 18.7 Å². The van der Waals surface area contributed by atoms with Crippen LogP contribution in [0.1, 0.15) is 29.7 Å². The Bertz CT molecular complexity index is 757. The van der Waals surface area contributed by atoms with Gasteiger partial charge in [-0.1, -0.05) is 24.3 Å². The Balaban J connectivity index is 1.51. The monoisotopic (exact) mass is 370 g/mol. The maximum atomic E-state index is 12.6. The maximum Gasteiger partial charge on any atom is 0.223 e. The average molecular weight is 370 g/mol. The minimum absolute atomic E-state index is 0.0337. The molecule has 6 nitrogen and oxygen atoms in total. The summed E-state index contributed by atoms with van der Waals surface area (Å²) in [6.45, 7) is 3.94. The summed E-state index contributed by atoms with van der Waals surface area (Å²) >= 11 is 0. The van der Waals surface area contributed by atoms with Gasteiger partial charge in [-0.05, 0) is 30.2 Å². The average Bonchev–Trinajstić information content (AvgIpc) is 3.19. The van der Waals surface area contributed by atoms with Crippen LogP contribution in [0.15, 0.2) is 47.1 Å². The van der Waals surface area contributed by atoms with Gasteiger partial charge in [0.1, 0.15) is 5.76 Å². The van der Waals surface area contributed by atoms with Crippen LogP contribution in [-0.4, -0.2) is 42.5 Å². The predicted molar refractivity (Wildman–Crippen MR) is 101 cm³/mol. The first-order valence-corrected chi connectivity index (χ1v) is 9.34. The summed E-state index contributed by atoms with van der Waals surface area (Å²) in [5.41, 5.74) is 2.24. The molecule has 1 atom stereocenters. The van der Waals surface area contributed by atoms with Crippen LogP contribution in [0.5, 0.6) is 0 Å². The Kier molecular flexibility index (Phi) is 6.65. The normalized spacial score (nSPS) is 16.9. The quantitative estimate of drug-likeness (QED) is 0.813. The first-order chi connectivity index (χ1) is 13.1. The smallest absolute Gasteiger partial charge is 0.223 e. The van der Waals surface area contributed by atoms with Gasteiger partial charge in [-0.3, -0.25) is 9.59 Å². The lowest BCUT2D eigenvalue weighted by atomic mass is 10.1. The molecule has 27 heavy (non-hydrogen) atoms. The molecule has 3 rings (SSSR count). The van der Waals surface area contributed by atoms with Crippen LogP contribution >= 0.6 is 0 Å². The van der Waals surface area contributed by atoms with Gasteiger partial charge in [-0.2, -0.15) is 0 Å². The molecule has 1 aromatic carbocycles. The molecule has 6 heteroatoms. The van der Waals surface area contributed by atoms with Gasteiger partial charge in [-0.25, -0.2) is 0 Å². The van der Waals surface area contributed by atoms with Crippen LogP contribution in [0.4, 0.5) is 0 Å². The third-order valence-corrected chi connectivity index (χ3v) is 4.87. The number of furan rings is 1. The van der Waals surface area contributed by atoms with Gasteiger partial charge in [0.15, 0.2) is 0 Å². The van der Waals surface area contributed by atoms with E-state index in [2.05, 4.69) is 5.32 Å². The van der Waals surface area contributed by atoms with E-state index < -0.39 is 0 Å². The summed E-state index contributed by atoms with van der Waals surface area (Å²) < 4.78 is 10.8. The van der Waals surface area contributed by atoms with Crippen LogP contribution in [0.2, 0.25) is 0 Å². The summed E-state index contributed by atoms with van der Waals surface area (Å²) in [6, 6.07) is 11.4. The number of carbonyl (C=O) groups excluding carboxylic acids is 2. The highest BCUT2D eigenvalue weighted by molar-refractivity contribution is 5.80. The van der Waals surface area contributed by atoms with E-state index in [1.807, 2.05) is 43.3 Å².